The Labute approximate surface area is 152 Å². The van der Waals surface area contributed by atoms with Crippen molar-refractivity contribution >= 4 is 5.91 Å². The number of rotatable bonds is 8. The standard InChI is InChI=1S/C20H23N3O3/c1-15-12-22-23(13-15)11-5-10-21-20(24)19-9-8-17(26-19)14-25-18-7-4-3-6-16(18)2/h3-4,6-9,12-13H,5,10-11,14H2,1-2H3,(H,21,24). The molecule has 3 rings (SSSR count). The fourth-order valence-corrected chi connectivity index (χ4v) is 2.56. The summed E-state index contributed by atoms with van der Waals surface area (Å²) in [5, 5.41) is 7.07. The van der Waals surface area contributed by atoms with Gasteiger partial charge in [-0.3, -0.25) is 9.48 Å². The third kappa shape index (κ3) is 4.75. The van der Waals surface area contributed by atoms with Crippen LogP contribution in [-0.4, -0.2) is 22.2 Å². The first-order valence-corrected chi connectivity index (χ1v) is 8.66. The Bertz CT molecular complexity index is 867. The van der Waals surface area contributed by atoms with Crippen molar-refractivity contribution in [1.82, 2.24) is 15.1 Å². The molecule has 1 N–H and O–H groups in total. The van der Waals surface area contributed by atoms with Crippen LogP contribution in [0.3, 0.4) is 0 Å². The van der Waals surface area contributed by atoms with Crippen LogP contribution in [0, 0.1) is 13.8 Å². The van der Waals surface area contributed by atoms with Gasteiger partial charge in [0, 0.05) is 19.3 Å². The summed E-state index contributed by atoms with van der Waals surface area (Å²) < 4.78 is 13.2. The highest BCUT2D eigenvalue weighted by Gasteiger charge is 2.11. The highest BCUT2D eigenvalue weighted by Crippen LogP contribution is 2.18. The van der Waals surface area contributed by atoms with Gasteiger partial charge < -0.3 is 14.5 Å². The van der Waals surface area contributed by atoms with E-state index in [2.05, 4.69) is 10.4 Å². The molecule has 0 unspecified atom stereocenters. The number of carbonyl (C=O) groups excluding carboxylic acids is 1. The van der Waals surface area contributed by atoms with Crippen LogP contribution in [0.1, 0.15) is 33.9 Å². The van der Waals surface area contributed by atoms with E-state index in [9.17, 15) is 4.79 Å². The molecule has 6 nitrogen and oxygen atoms in total. The number of aryl methyl sites for hydroxylation is 3. The Kier molecular flexibility index (Phi) is 5.73. The molecule has 26 heavy (non-hydrogen) atoms. The first-order chi connectivity index (χ1) is 12.6. The van der Waals surface area contributed by atoms with E-state index in [1.807, 2.05) is 55.2 Å². The first-order valence-electron chi connectivity index (χ1n) is 8.66. The average molecular weight is 353 g/mol. The van der Waals surface area contributed by atoms with Crippen molar-refractivity contribution in [3.05, 3.63) is 71.4 Å². The summed E-state index contributed by atoms with van der Waals surface area (Å²) in [4.78, 5) is 12.1. The smallest absolute Gasteiger partial charge is 0.286 e. The van der Waals surface area contributed by atoms with Crippen molar-refractivity contribution in [2.24, 2.45) is 0 Å². The van der Waals surface area contributed by atoms with Gasteiger partial charge in [-0.1, -0.05) is 18.2 Å². The quantitative estimate of drug-likeness (QED) is 0.629. The molecule has 0 fully saturated rings. The lowest BCUT2D eigenvalue weighted by Crippen LogP contribution is -2.24. The molecule has 6 heteroatoms. The number of ether oxygens (including phenoxy) is 1. The molecule has 136 valence electrons. The van der Waals surface area contributed by atoms with Gasteiger partial charge in [0.2, 0.25) is 0 Å². The molecule has 2 aromatic heterocycles. The number of furan rings is 1. The van der Waals surface area contributed by atoms with Crippen LogP contribution in [0.4, 0.5) is 0 Å². The molecular formula is C20H23N3O3. The maximum Gasteiger partial charge on any atom is 0.286 e. The summed E-state index contributed by atoms with van der Waals surface area (Å²) >= 11 is 0. The Morgan fingerprint density at radius 2 is 2.08 bits per heavy atom. The van der Waals surface area contributed by atoms with Crippen molar-refractivity contribution in [2.45, 2.75) is 33.4 Å². The lowest BCUT2D eigenvalue weighted by molar-refractivity contribution is 0.0920. The largest absolute Gasteiger partial charge is 0.485 e. The number of hydrogen-bond acceptors (Lipinski definition) is 4. The maximum atomic E-state index is 12.1. The van der Waals surface area contributed by atoms with Gasteiger partial charge in [0.05, 0.1) is 6.20 Å². The van der Waals surface area contributed by atoms with Crippen molar-refractivity contribution in [1.29, 1.82) is 0 Å². The minimum absolute atomic E-state index is 0.219. The zero-order chi connectivity index (χ0) is 18.4. The van der Waals surface area contributed by atoms with Crippen LogP contribution >= 0.6 is 0 Å². The number of nitrogens with zero attached hydrogens (tertiary/aromatic N) is 2. The van der Waals surface area contributed by atoms with Crippen molar-refractivity contribution < 1.29 is 13.9 Å². The lowest BCUT2D eigenvalue weighted by Gasteiger charge is -2.07. The highest BCUT2D eigenvalue weighted by atomic mass is 16.5. The highest BCUT2D eigenvalue weighted by molar-refractivity contribution is 5.91. The molecule has 0 aliphatic heterocycles. The zero-order valence-electron chi connectivity index (χ0n) is 15.1. The molecule has 3 aromatic rings. The minimum Gasteiger partial charge on any atom is -0.485 e. The van der Waals surface area contributed by atoms with Gasteiger partial charge in [0.15, 0.2) is 5.76 Å². The number of amides is 1. The third-order valence-corrected chi connectivity index (χ3v) is 3.96. The molecule has 0 radical (unpaired) electrons. The maximum absolute atomic E-state index is 12.1. The molecule has 0 spiro atoms. The third-order valence-electron chi connectivity index (χ3n) is 3.96. The molecule has 0 aliphatic carbocycles. The molecule has 0 saturated carbocycles. The predicted molar refractivity (Wildman–Crippen MR) is 98.1 cm³/mol. The van der Waals surface area contributed by atoms with Gasteiger partial charge in [0.1, 0.15) is 18.1 Å². The second-order valence-corrected chi connectivity index (χ2v) is 6.21. The van der Waals surface area contributed by atoms with Crippen LogP contribution < -0.4 is 10.1 Å². The van der Waals surface area contributed by atoms with Gasteiger partial charge in [-0.25, -0.2) is 0 Å². The van der Waals surface area contributed by atoms with E-state index in [-0.39, 0.29) is 12.5 Å². The van der Waals surface area contributed by atoms with E-state index in [0.29, 0.717) is 18.1 Å². The van der Waals surface area contributed by atoms with E-state index in [1.165, 1.54) is 0 Å². The van der Waals surface area contributed by atoms with E-state index >= 15 is 0 Å². The van der Waals surface area contributed by atoms with Crippen LogP contribution in [0.5, 0.6) is 5.75 Å². The molecular weight excluding hydrogens is 330 g/mol. The molecule has 0 aliphatic rings. The van der Waals surface area contributed by atoms with Crippen LogP contribution in [-0.2, 0) is 13.2 Å². The second-order valence-electron chi connectivity index (χ2n) is 6.21. The number of nitrogens with one attached hydrogen (secondary N) is 1. The summed E-state index contributed by atoms with van der Waals surface area (Å²) in [5.41, 5.74) is 2.19. The van der Waals surface area contributed by atoms with Gasteiger partial charge in [-0.05, 0) is 49.6 Å². The average Bonchev–Trinajstić information content (AvgIpc) is 3.27. The van der Waals surface area contributed by atoms with Crippen molar-refractivity contribution in [3.8, 4) is 5.75 Å². The number of aromatic nitrogens is 2. The van der Waals surface area contributed by atoms with Crippen LogP contribution in [0.15, 0.2) is 53.2 Å². The van der Waals surface area contributed by atoms with Gasteiger partial charge in [0.25, 0.3) is 5.91 Å². The normalized spacial score (nSPS) is 10.7. The predicted octanol–water partition coefficient (Wildman–Crippen LogP) is 3.49. The molecule has 0 atom stereocenters. The topological polar surface area (TPSA) is 69.3 Å². The summed E-state index contributed by atoms with van der Waals surface area (Å²) in [6.07, 6.45) is 4.61. The monoisotopic (exact) mass is 353 g/mol. The molecule has 0 saturated heterocycles. The Morgan fingerprint density at radius 3 is 2.85 bits per heavy atom. The summed E-state index contributed by atoms with van der Waals surface area (Å²) in [6, 6.07) is 11.2. The number of carbonyl (C=O) groups is 1. The van der Waals surface area contributed by atoms with Gasteiger partial charge >= 0.3 is 0 Å². The van der Waals surface area contributed by atoms with E-state index < -0.39 is 0 Å². The fourth-order valence-electron chi connectivity index (χ4n) is 2.56. The molecule has 1 amide bonds. The van der Waals surface area contributed by atoms with Gasteiger partial charge in [-0.15, -0.1) is 0 Å². The van der Waals surface area contributed by atoms with E-state index in [0.717, 1.165) is 29.8 Å². The Hall–Kier alpha value is -3.02. The minimum atomic E-state index is -0.219. The fraction of sp³-hybridized carbons (Fsp3) is 0.300. The Balaban J connectivity index is 1.43. The van der Waals surface area contributed by atoms with E-state index in [4.69, 9.17) is 9.15 Å². The lowest BCUT2D eigenvalue weighted by atomic mass is 10.2. The van der Waals surface area contributed by atoms with E-state index in [1.54, 1.807) is 12.1 Å². The Morgan fingerprint density at radius 1 is 1.23 bits per heavy atom. The second kappa shape index (κ2) is 8.38. The first kappa shape index (κ1) is 17.8. The molecule has 0 bridgehead atoms. The van der Waals surface area contributed by atoms with Crippen LogP contribution in [0.25, 0.3) is 0 Å². The summed E-state index contributed by atoms with van der Waals surface area (Å²) in [6.45, 7) is 5.61. The number of para-hydroxylation sites is 1. The summed E-state index contributed by atoms with van der Waals surface area (Å²) in [5.74, 6) is 1.50. The molecule has 1 aromatic carbocycles. The van der Waals surface area contributed by atoms with Crippen molar-refractivity contribution in [3.63, 3.8) is 0 Å². The van der Waals surface area contributed by atoms with Crippen LogP contribution in [0.2, 0.25) is 0 Å². The molecule has 2 heterocycles. The number of hydrogen-bond donors (Lipinski definition) is 1. The number of benzene rings is 1. The SMILES string of the molecule is Cc1cnn(CCCNC(=O)c2ccc(COc3ccccc3C)o2)c1. The van der Waals surface area contributed by atoms with Crippen molar-refractivity contribution in [2.75, 3.05) is 6.54 Å². The summed E-state index contributed by atoms with van der Waals surface area (Å²) in [7, 11) is 0. The van der Waals surface area contributed by atoms with Gasteiger partial charge in [-0.2, -0.15) is 5.10 Å². The zero-order valence-corrected chi connectivity index (χ0v) is 15.1.